The molecule has 1 nitrogen and oxygen atoms in total. The SMILES string of the molecule is S=C=NCCCCCCc1cccs1. The molecule has 76 valence electrons. The van der Waals surface area contributed by atoms with E-state index in [1.807, 2.05) is 11.3 Å². The maximum Gasteiger partial charge on any atom is 0.0584 e. The first-order valence-electron chi connectivity index (χ1n) is 4.99. The third kappa shape index (κ3) is 5.28. The highest BCUT2D eigenvalue weighted by atomic mass is 32.1. The number of hydrogen-bond donors (Lipinski definition) is 0. The summed E-state index contributed by atoms with van der Waals surface area (Å²) in [5.74, 6) is 0. The number of unbranched alkanes of at least 4 members (excludes halogenated alkanes) is 3. The standard InChI is InChI=1S/C11H15NS2/c13-10-12-8-4-2-1-3-6-11-7-5-9-14-11/h5,7,9H,1-4,6,8H2. The first-order chi connectivity index (χ1) is 6.93. The second-order valence-corrected chi connectivity index (χ2v) is 4.43. The first-order valence-corrected chi connectivity index (χ1v) is 6.28. The van der Waals surface area contributed by atoms with Crippen LogP contribution in [0.2, 0.25) is 0 Å². The fourth-order valence-corrected chi connectivity index (χ4v) is 2.19. The molecular weight excluding hydrogens is 210 g/mol. The number of isothiocyanates is 1. The van der Waals surface area contributed by atoms with Crippen molar-refractivity contribution >= 4 is 28.7 Å². The largest absolute Gasteiger partial charge is 0.233 e. The molecule has 0 atom stereocenters. The van der Waals surface area contributed by atoms with Gasteiger partial charge >= 0.3 is 0 Å². The monoisotopic (exact) mass is 225 g/mol. The predicted molar refractivity (Wildman–Crippen MR) is 66.4 cm³/mol. The Hall–Kier alpha value is -0.500. The van der Waals surface area contributed by atoms with Crippen LogP contribution in [0.1, 0.15) is 30.6 Å². The van der Waals surface area contributed by atoms with Crippen molar-refractivity contribution in [2.24, 2.45) is 4.99 Å². The first kappa shape index (κ1) is 11.6. The van der Waals surface area contributed by atoms with Gasteiger partial charge in [-0.1, -0.05) is 18.9 Å². The van der Waals surface area contributed by atoms with Gasteiger partial charge in [-0.3, -0.25) is 0 Å². The van der Waals surface area contributed by atoms with Crippen molar-refractivity contribution in [3.63, 3.8) is 0 Å². The Kier molecular flexibility index (Phi) is 6.50. The van der Waals surface area contributed by atoms with Gasteiger partial charge in [0.25, 0.3) is 0 Å². The van der Waals surface area contributed by atoms with Crippen molar-refractivity contribution in [1.29, 1.82) is 0 Å². The van der Waals surface area contributed by atoms with E-state index in [1.54, 1.807) is 0 Å². The number of thiophene rings is 1. The Morgan fingerprint density at radius 3 is 2.86 bits per heavy atom. The molecule has 0 aromatic carbocycles. The van der Waals surface area contributed by atoms with Crippen LogP contribution in [0.5, 0.6) is 0 Å². The molecule has 1 aromatic rings. The summed E-state index contributed by atoms with van der Waals surface area (Å²) in [7, 11) is 0. The predicted octanol–water partition coefficient (Wildman–Crippen LogP) is 3.95. The topological polar surface area (TPSA) is 12.4 Å². The molecule has 0 fully saturated rings. The third-order valence-electron chi connectivity index (χ3n) is 2.09. The fraction of sp³-hybridized carbons (Fsp3) is 0.545. The van der Waals surface area contributed by atoms with Crippen LogP contribution < -0.4 is 0 Å². The Balaban J connectivity index is 1.92. The van der Waals surface area contributed by atoms with E-state index in [-0.39, 0.29) is 0 Å². The van der Waals surface area contributed by atoms with Gasteiger partial charge < -0.3 is 0 Å². The van der Waals surface area contributed by atoms with Gasteiger partial charge in [0.05, 0.1) is 5.16 Å². The van der Waals surface area contributed by atoms with Gasteiger partial charge in [-0.05, 0) is 42.9 Å². The molecular formula is C11H15NS2. The normalized spacial score (nSPS) is 9.71. The van der Waals surface area contributed by atoms with Crippen molar-refractivity contribution in [3.8, 4) is 0 Å². The Morgan fingerprint density at radius 1 is 1.29 bits per heavy atom. The van der Waals surface area contributed by atoms with Gasteiger partial charge in [0.2, 0.25) is 0 Å². The molecule has 0 aliphatic heterocycles. The zero-order valence-electron chi connectivity index (χ0n) is 8.24. The van der Waals surface area contributed by atoms with Crippen LogP contribution in [0.3, 0.4) is 0 Å². The smallest absolute Gasteiger partial charge is 0.0584 e. The summed E-state index contributed by atoms with van der Waals surface area (Å²) >= 11 is 6.34. The van der Waals surface area contributed by atoms with Gasteiger partial charge in [-0.15, -0.1) is 11.3 Å². The molecule has 0 bridgehead atoms. The maximum atomic E-state index is 4.49. The molecule has 0 saturated carbocycles. The van der Waals surface area contributed by atoms with Crippen LogP contribution in [-0.4, -0.2) is 11.7 Å². The van der Waals surface area contributed by atoms with Crippen LogP contribution in [0.25, 0.3) is 0 Å². The lowest BCUT2D eigenvalue weighted by Crippen LogP contribution is -1.84. The minimum atomic E-state index is 0.850. The minimum absolute atomic E-state index is 0.850. The summed E-state index contributed by atoms with van der Waals surface area (Å²) in [5.41, 5.74) is 0. The number of aryl methyl sites for hydroxylation is 1. The molecule has 14 heavy (non-hydrogen) atoms. The van der Waals surface area contributed by atoms with Gasteiger partial charge in [-0.2, -0.15) is 0 Å². The van der Waals surface area contributed by atoms with Gasteiger partial charge in [0, 0.05) is 11.4 Å². The summed E-state index contributed by atoms with van der Waals surface area (Å²) in [6.07, 6.45) is 6.22. The van der Waals surface area contributed by atoms with E-state index in [0.29, 0.717) is 0 Å². The van der Waals surface area contributed by atoms with E-state index < -0.39 is 0 Å². The Bertz CT molecular complexity index is 273. The molecule has 0 radical (unpaired) electrons. The summed E-state index contributed by atoms with van der Waals surface area (Å²) in [6.45, 7) is 0.850. The van der Waals surface area contributed by atoms with E-state index in [2.05, 4.69) is 39.9 Å². The highest BCUT2D eigenvalue weighted by Crippen LogP contribution is 2.13. The Morgan fingerprint density at radius 2 is 2.14 bits per heavy atom. The molecule has 3 heteroatoms. The quantitative estimate of drug-likeness (QED) is 0.389. The third-order valence-corrected chi connectivity index (χ3v) is 3.15. The second-order valence-electron chi connectivity index (χ2n) is 3.22. The van der Waals surface area contributed by atoms with Crippen LogP contribution in [-0.2, 0) is 6.42 Å². The van der Waals surface area contributed by atoms with E-state index >= 15 is 0 Å². The molecule has 0 spiro atoms. The van der Waals surface area contributed by atoms with Crippen molar-refractivity contribution in [2.45, 2.75) is 32.1 Å². The number of rotatable bonds is 7. The van der Waals surface area contributed by atoms with Crippen LogP contribution in [0.15, 0.2) is 22.5 Å². The number of aliphatic imine (C=N–C) groups is 1. The average molecular weight is 225 g/mol. The highest BCUT2D eigenvalue weighted by molar-refractivity contribution is 7.78. The molecule has 0 unspecified atom stereocenters. The van der Waals surface area contributed by atoms with Crippen molar-refractivity contribution in [3.05, 3.63) is 22.4 Å². The lowest BCUT2D eigenvalue weighted by Gasteiger charge is -1.97. The highest BCUT2D eigenvalue weighted by Gasteiger charge is 1.93. The van der Waals surface area contributed by atoms with Gasteiger partial charge in [-0.25, -0.2) is 4.99 Å². The average Bonchev–Trinajstić information content (AvgIpc) is 2.69. The van der Waals surface area contributed by atoms with E-state index in [0.717, 1.165) is 13.0 Å². The molecule has 0 amide bonds. The van der Waals surface area contributed by atoms with Crippen molar-refractivity contribution in [1.82, 2.24) is 0 Å². The van der Waals surface area contributed by atoms with Crippen LogP contribution in [0, 0.1) is 0 Å². The molecule has 0 saturated heterocycles. The van der Waals surface area contributed by atoms with E-state index in [4.69, 9.17) is 0 Å². The van der Waals surface area contributed by atoms with Crippen LogP contribution >= 0.6 is 23.6 Å². The summed E-state index contributed by atoms with van der Waals surface area (Å²) in [6, 6.07) is 4.33. The molecule has 1 rings (SSSR count). The molecule has 0 N–H and O–H groups in total. The number of thiocarbonyl (C=S) groups is 1. The molecule has 1 aromatic heterocycles. The van der Waals surface area contributed by atoms with Crippen molar-refractivity contribution < 1.29 is 0 Å². The fourth-order valence-electron chi connectivity index (χ4n) is 1.34. The lowest BCUT2D eigenvalue weighted by molar-refractivity contribution is 0.650. The van der Waals surface area contributed by atoms with Crippen molar-refractivity contribution in [2.75, 3.05) is 6.54 Å². The van der Waals surface area contributed by atoms with Gasteiger partial charge in [0.1, 0.15) is 0 Å². The zero-order chi connectivity index (χ0) is 10.1. The molecule has 0 aliphatic rings. The lowest BCUT2D eigenvalue weighted by atomic mass is 10.1. The maximum absolute atomic E-state index is 4.49. The molecule has 0 aliphatic carbocycles. The van der Waals surface area contributed by atoms with E-state index in [9.17, 15) is 0 Å². The molecule has 1 heterocycles. The zero-order valence-corrected chi connectivity index (χ0v) is 9.87. The van der Waals surface area contributed by atoms with E-state index in [1.165, 1.54) is 30.6 Å². The minimum Gasteiger partial charge on any atom is -0.233 e. The summed E-state index contributed by atoms with van der Waals surface area (Å²) in [5, 5.41) is 4.53. The van der Waals surface area contributed by atoms with Crippen LogP contribution in [0.4, 0.5) is 0 Å². The number of hydrogen-bond acceptors (Lipinski definition) is 3. The summed E-state index contributed by atoms with van der Waals surface area (Å²) < 4.78 is 0. The Labute approximate surface area is 94.9 Å². The second kappa shape index (κ2) is 7.86. The number of nitrogens with zero attached hydrogens (tertiary/aromatic N) is 1. The summed E-state index contributed by atoms with van der Waals surface area (Å²) in [4.78, 5) is 5.39. The van der Waals surface area contributed by atoms with Gasteiger partial charge in [0.15, 0.2) is 0 Å².